The van der Waals surface area contributed by atoms with Gasteiger partial charge in [-0.25, -0.2) is 4.79 Å². The van der Waals surface area contributed by atoms with Crippen LogP contribution < -0.4 is 0 Å². The van der Waals surface area contributed by atoms with Gasteiger partial charge in [0.2, 0.25) is 0 Å². The molecule has 162 valence electrons. The molecule has 0 aromatic carbocycles. The molecule has 0 bridgehead atoms. The highest BCUT2D eigenvalue weighted by Gasteiger charge is 2.49. The van der Waals surface area contributed by atoms with Gasteiger partial charge in [-0.3, -0.25) is 9.59 Å². The molecule has 7 heteroatoms. The number of ketones is 1. The van der Waals surface area contributed by atoms with Crippen LogP contribution in [0, 0.1) is 17.8 Å². The highest BCUT2D eigenvalue weighted by Crippen LogP contribution is 2.36. The number of allylic oxidation sites excluding steroid dienone is 2. The molecular weight excluding hydrogens is 374 g/mol. The normalized spacial score (nSPS) is 30.0. The second kappa shape index (κ2) is 9.57. The summed E-state index contributed by atoms with van der Waals surface area (Å²) in [5.41, 5.74) is -2.51. The van der Waals surface area contributed by atoms with Gasteiger partial charge >= 0.3 is 5.97 Å². The second-order valence-electron chi connectivity index (χ2n) is 8.64. The Balaban J connectivity index is 0.000000248. The minimum Gasteiger partial charge on any atom is -0.515 e. The number of carbonyl (C=O) groups excluding carboxylic acids is 2. The summed E-state index contributed by atoms with van der Waals surface area (Å²) in [5.74, 6) is -1.41. The lowest BCUT2D eigenvalue weighted by Gasteiger charge is -2.31. The smallest absolute Gasteiger partial charge is 0.336 e. The van der Waals surface area contributed by atoms with Gasteiger partial charge in [-0.05, 0) is 43.4 Å². The Morgan fingerprint density at radius 1 is 1.28 bits per heavy atom. The third-order valence-corrected chi connectivity index (χ3v) is 6.60. The van der Waals surface area contributed by atoms with E-state index in [0.717, 1.165) is 16.7 Å². The van der Waals surface area contributed by atoms with E-state index in [4.69, 9.17) is 10.2 Å². The molecule has 1 heterocycles. The number of carboxylic acids is 1. The summed E-state index contributed by atoms with van der Waals surface area (Å²) >= 11 is 0. The van der Waals surface area contributed by atoms with Crippen LogP contribution in [-0.4, -0.2) is 56.6 Å². The predicted octanol–water partition coefficient (Wildman–Crippen LogP) is 2.84. The second-order valence-corrected chi connectivity index (χ2v) is 8.64. The molecule has 1 amide bonds. The van der Waals surface area contributed by atoms with Crippen molar-refractivity contribution in [2.45, 2.75) is 70.4 Å². The topological polar surface area (TPSA) is 115 Å². The third kappa shape index (κ3) is 4.89. The van der Waals surface area contributed by atoms with Gasteiger partial charge in [0.15, 0.2) is 11.4 Å². The standard InChI is InChI=1S/C12H17NO6.C10H16/c1-6(2)12(19,11(17)18)4-8-9(15)7(5-14)10(16)13(8)3;1-2-6-10-8-4-3-7-9(10)5-1/h5-6,8,14,19H,4H2,1-3H3,(H,17,18);1,5,9-10H,2-4,6-8H2/b7-5+;/t;9-,10?/m.1/s1. The highest BCUT2D eigenvalue weighted by molar-refractivity contribution is 6.26. The fourth-order valence-electron chi connectivity index (χ4n) is 4.43. The molecule has 29 heavy (non-hydrogen) atoms. The van der Waals surface area contributed by atoms with E-state index in [-0.39, 0.29) is 0 Å². The number of Topliss-reactive ketones (excluding diaryl/α,β-unsaturated/α-hetero) is 1. The summed E-state index contributed by atoms with van der Waals surface area (Å²) in [6.07, 6.45) is 13.6. The number of hydrogen-bond acceptors (Lipinski definition) is 5. The lowest BCUT2D eigenvalue weighted by atomic mass is 9.74. The number of aliphatic carboxylic acids is 1. The summed E-state index contributed by atoms with van der Waals surface area (Å²) < 4.78 is 0. The first-order valence-electron chi connectivity index (χ1n) is 10.4. The molecule has 3 rings (SSSR count). The molecule has 1 saturated heterocycles. The number of aliphatic hydroxyl groups excluding tert-OH is 1. The largest absolute Gasteiger partial charge is 0.515 e. The average molecular weight is 408 g/mol. The van der Waals surface area contributed by atoms with Gasteiger partial charge < -0.3 is 20.2 Å². The predicted molar refractivity (Wildman–Crippen MR) is 108 cm³/mol. The monoisotopic (exact) mass is 407 g/mol. The SMILES string of the molecule is C1=C[C@@H]2CCCCC2CC1.CC(C)C(O)(CC1C(=O)/C(=C\O)C(=O)N1C)C(=O)O. The molecule has 1 saturated carbocycles. The van der Waals surface area contributed by atoms with Gasteiger partial charge in [0.25, 0.3) is 5.91 Å². The third-order valence-electron chi connectivity index (χ3n) is 6.60. The molecule has 3 unspecified atom stereocenters. The van der Waals surface area contributed by atoms with Gasteiger partial charge in [-0.1, -0.05) is 38.8 Å². The molecule has 0 spiro atoms. The number of rotatable bonds is 4. The quantitative estimate of drug-likeness (QED) is 0.286. The Labute approximate surface area is 172 Å². The van der Waals surface area contributed by atoms with Gasteiger partial charge in [0.05, 0.1) is 12.3 Å². The zero-order valence-corrected chi connectivity index (χ0v) is 17.5. The van der Waals surface area contributed by atoms with Crippen LogP contribution in [0.2, 0.25) is 0 Å². The van der Waals surface area contributed by atoms with E-state index < -0.39 is 47.2 Å². The summed E-state index contributed by atoms with van der Waals surface area (Å²) in [4.78, 5) is 35.7. The fourth-order valence-corrected chi connectivity index (χ4v) is 4.43. The number of fused-ring (bicyclic) bond motifs is 1. The summed E-state index contributed by atoms with van der Waals surface area (Å²) in [5, 5.41) is 28.1. The first-order valence-corrected chi connectivity index (χ1v) is 10.4. The summed E-state index contributed by atoms with van der Waals surface area (Å²) in [6.45, 7) is 3.02. The van der Waals surface area contributed by atoms with Crippen molar-refractivity contribution in [3.8, 4) is 0 Å². The van der Waals surface area contributed by atoms with Gasteiger partial charge in [0, 0.05) is 13.5 Å². The number of hydrogen-bond donors (Lipinski definition) is 3. The van der Waals surface area contributed by atoms with E-state index in [1.54, 1.807) is 0 Å². The number of likely N-dealkylation sites (tertiary alicyclic amines) is 1. The summed E-state index contributed by atoms with van der Waals surface area (Å²) in [6, 6.07) is -1.09. The van der Waals surface area contributed by atoms with E-state index >= 15 is 0 Å². The summed E-state index contributed by atoms with van der Waals surface area (Å²) in [7, 11) is 1.32. The van der Waals surface area contributed by atoms with E-state index in [1.807, 2.05) is 0 Å². The molecule has 0 aromatic rings. The van der Waals surface area contributed by atoms with Crippen LogP contribution in [0.5, 0.6) is 0 Å². The van der Waals surface area contributed by atoms with Crippen LogP contribution in [0.1, 0.15) is 58.8 Å². The number of aliphatic hydroxyl groups is 2. The van der Waals surface area contributed by atoms with Gasteiger partial charge in [0.1, 0.15) is 5.57 Å². The van der Waals surface area contributed by atoms with Crippen LogP contribution in [0.3, 0.4) is 0 Å². The average Bonchev–Trinajstić information content (AvgIpc) is 2.90. The van der Waals surface area contributed by atoms with Crippen LogP contribution >= 0.6 is 0 Å². The molecule has 1 aliphatic heterocycles. The Kier molecular flexibility index (Phi) is 7.63. The number of nitrogens with zero attached hydrogens (tertiary/aromatic N) is 1. The van der Waals surface area contributed by atoms with E-state index in [9.17, 15) is 19.5 Å². The lowest BCUT2D eigenvalue weighted by Crippen LogP contribution is -2.49. The Morgan fingerprint density at radius 3 is 2.45 bits per heavy atom. The molecule has 0 aromatic heterocycles. The zero-order chi connectivity index (χ0) is 21.8. The Morgan fingerprint density at radius 2 is 1.93 bits per heavy atom. The Bertz CT molecular complexity index is 697. The van der Waals surface area contributed by atoms with E-state index in [0.29, 0.717) is 6.26 Å². The van der Waals surface area contributed by atoms with Crippen molar-refractivity contribution in [3.63, 3.8) is 0 Å². The van der Waals surface area contributed by atoms with Crippen molar-refractivity contribution in [2.24, 2.45) is 17.8 Å². The van der Waals surface area contributed by atoms with Crippen LogP contribution in [0.4, 0.5) is 0 Å². The highest BCUT2D eigenvalue weighted by atomic mass is 16.4. The molecule has 2 fully saturated rings. The van der Waals surface area contributed by atoms with Crippen LogP contribution in [-0.2, 0) is 14.4 Å². The van der Waals surface area contributed by atoms with Crippen molar-refractivity contribution in [3.05, 3.63) is 24.0 Å². The van der Waals surface area contributed by atoms with Crippen molar-refractivity contribution >= 4 is 17.7 Å². The number of amides is 1. The molecule has 0 radical (unpaired) electrons. The van der Waals surface area contributed by atoms with Gasteiger partial charge in [-0.15, -0.1) is 0 Å². The lowest BCUT2D eigenvalue weighted by molar-refractivity contribution is -0.166. The first-order chi connectivity index (χ1) is 13.6. The molecule has 2 aliphatic carbocycles. The minimum absolute atomic E-state index is 0.399. The maximum Gasteiger partial charge on any atom is 0.336 e. The Hall–Kier alpha value is -2.15. The van der Waals surface area contributed by atoms with Crippen molar-refractivity contribution in [2.75, 3.05) is 7.05 Å². The molecular formula is C22H33NO6. The molecule has 7 nitrogen and oxygen atoms in total. The maximum absolute atomic E-state index is 11.9. The van der Waals surface area contributed by atoms with Crippen LogP contribution in [0.25, 0.3) is 0 Å². The van der Waals surface area contributed by atoms with Crippen molar-refractivity contribution in [1.82, 2.24) is 4.90 Å². The molecule has 3 aliphatic rings. The maximum atomic E-state index is 11.9. The molecule has 3 N–H and O–H groups in total. The zero-order valence-electron chi connectivity index (χ0n) is 17.5. The van der Waals surface area contributed by atoms with Crippen molar-refractivity contribution in [1.29, 1.82) is 0 Å². The fraction of sp³-hybridized carbons (Fsp3) is 0.682. The number of carbonyl (C=O) groups is 3. The number of likely N-dealkylation sites (N-methyl/N-ethyl adjacent to an activating group) is 1. The van der Waals surface area contributed by atoms with Gasteiger partial charge in [-0.2, -0.15) is 0 Å². The number of carboxylic acid groups (broad SMARTS) is 1. The van der Waals surface area contributed by atoms with Crippen LogP contribution in [0.15, 0.2) is 24.0 Å². The first kappa shape index (κ1) is 23.1. The minimum atomic E-state index is -2.11. The van der Waals surface area contributed by atoms with E-state index in [2.05, 4.69) is 12.2 Å². The molecule has 4 atom stereocenters. The van der Waals surface area contributed by atoms with Crippen molar-refractivity contribution < 1.29 is 29.7 Å². The van der Waals surface area contributed by atoms with E-state index in [1.165, 1.54) is 59.4 Å².